The summed E-state index contributed by atoms with van der Waals surface area (Å²) in [6.45, 7) is 1.36. The number of rotatable bonds is 9. The molecule has 2 aromatic rings. The lowest BCUT2D eigenvalue weighted by molar-refractivity contribution is 0.322. The molecule has 0 aliphatic rings. The molecule has 0 aliphatic carbocycles. The fourth-order valence-corrected chi connectivity index (χ4v) is 2.96. The number of hydrogen-bond donors (Lipinski definition) is 2. The van der Waals surface area contributed by atoms with Gasteiger partial charge < -0.3 is 15.6 Å². The number of phenolic OH excluding ortho intramolecular Hbond substituents is 1. The van der Waals surface area contributed by atoms with Crippen LogP contribution in [0.3, 0.4) is 0 Å². The summed E-state index contributed by atoms with van der Waals surface area (Å²) in [5.41, 5.74) is 7.25. The Kier molecular flexibility index (Phi) is 7.13. The molecule has 2 aromatic carbocycles. The van der Waals surface area contributed by atoms with E-state index in [2.05, 4.69) is 0 Å². The lowest BCUT2D eigenvalue weighted by Gasteiger charge is -2.11. The minimum absolute atomic E-state index is 0.210. The normalized spacial score (nSPS) is 10.6. The second-order valence-electron chi connectivity index (χ2n) is 4.97. The van der Waals surface area contributed by atoms with Crippen LogP contribution in [0.5, 0.6) is 11.5 Å². The highest BCUT2D eigenvalue weighted by Gasteiger charge is 2.09. The Morgan fingerprint density at radius 3 is 2.55 bits per heavy atom. The standard InChI is InChI=1S/C18H23NO2S/c19-11-4-5-13-22-14-12-21-17-10-6-9-16(18(17)20)15-7-2-1-3-8-15/h1-3,6-10,20H,4-5,11-14,19H2. The Morgan fingerprint density at radius 1 is 0.955 bits per heavy atom. The van der Waals surface area contributed by atoms with Crippen LogP contribution in [0, 0.1) is 0 Å². The summed E-state index contributed by atoms with van der Waals surface area (Å²) < 4.78 is 5.71. The maximum Gasteiger partial charge on any atom is 0.165 e. The topological polar surface area (TPSA) is 55.5 Å². The van der Waals surface area contributed by atoms with Gasteiger partial charge in [-0.25, -0.2) is 0 Å². The van der Waals surface area contributed by atoms with E-state index in [1.807, 2.05) is 54.2 Å². The smallest absolute Gasteiger partial charge is 0.165 e. The van der Waals surface area contributed by atoms with Crippen LogP contribution in [-0.2, 0) is 0 Å². The Labute approximate surface area is 136 Å². The summed E-state index contributed by atoms with van der Waals surface area (Å²) in [4.78, 5) is 0. The van der Waals surface area contributed by atoms with Gasteiger partial charge in [0, 0.05) is 11.3 Å². The van der Waals surface area contributed by atoms with Gasteiger partial charge in [-0.3, -0.25) is 0 Å². The van der Waals surface area contributed by atoms with Crippen molar-refractivity contribution >= 4 is 11.8 Å². The average molecular weight is 317 g/mol. The molecule has 0 atom stereocenters. The van der Waals surface area contributed by atoms with Crippen LogP contribution in [-0.4, -0.2) is 29.8 Å². The Balaban J connectivity index is 1.87. The van der Waals surface area contributed by atoms with E-state index in [4.69, 9.17) is 10.5 Å². The lowest BCUT2D eigenvalue weighted by Crippen LogP contribution is -2.02. The van der Waals surface area contributed by atoms with Crippen molar-refractivity contribution in [2.24, 2.45) is 5.73 Å². The molecule has 22 heavy (non-hydrogen) atoms. The van der Waals surface area contributed by atoms with E-state index < -0.39 is 0 Å². The van der Waals surface area contributed by atoms with Crippen LogP contribution in [0.4, 0.5) is 0 Å². The van der Waals surface area contributed by atoms with Crippen molar-refractivity contribution in [3.05, 3.63) is 48.5 Å². The van der Waals surface area contributed by atoms with Gasteiger partial charge in [-0.1, -0.05) is 42.5 Å². The first kappa shape index (κ1) is 16.7. The van der Waals surface area contributed by atoms with E-state index in [9.17, 15) is 5.11 Å². The third-order valence-corrected chi connectivity index (χ3v) is 4.34. The van der Waals surface area contributed by atoms with Gasteiger partial charge in [-0.2, -0.15) is 11.8 Å². The van der Waals surface area contributed by atoms with E-state index in [0.717, 1.165) is 42.0 Å². The summed E-state index contributed by atoms with van der Waals surface area (Å²) in [6.07, 6.45) is 2.23. The SMILES string of the molecule is NCCCCSCCOc1cccc(-c2ccccc2)c1O. The average Bonchev–Trinajstić information content (AvgIpc) is 2.56. The third kappa shape index (κ3) is 4.97. The Hall–Kier alpha value is -1.65. The monoisotopic (exact) mass is 317 g/mol. The first-order valence-electron chi connectivity index (χ1n) is 7.61. The zero-order chi connectivity index (χ0) is 15.6. The van der Waals surface area contributed by atoms with Gasteiger partial charge in [-0.05, 0) is 36.8 Å². The van der Waals surface area contributed by atoms with Gasteiger partial charge in [0.1, 0.15) is 0 Å². The molecular weight excluding hydrogens is 294 g/mol. The molecule has 0 radical (unpaired) electrons. The zero-order valence-corrected chi connectivity index (χ0v) is 13.5. The maximum atomic E-state index is 10.4. The Morgan fingerprint density at radius 2 is 1.77 bits per heavy atom. The Bertz CT molecular complexity index is 560. The van der Waals surface area contributed by atoms with Gasteiger partial charge in [-0.15, -0.1) is 0 Å². The van der Waals surface area contributed by atoms with Crippen LogP contribution < -0.4 is 10.5 Å². The second kappa shape index (κ2) is 9.38. The molecule has 2 rings (SSSR count). The highest BCUT2D eigenvalue weighted by atomic mass is 32.2. The van der Waals surface area contributed by atoms with Crippen molar-refractivity contribution in [2.75, 3.05) is 24.7 Å². The number of phenols is 1. The second-order valence-corrected chi connectivity index (χ2v) is 6.20. The zero-order valence-electron chi connectivity index (χ0n) is 12.7. The minimum Gasteiger partial charge on any atom is -0.504 e. The van der Waals surface area contributed by atoms with E-state index in [-0.39, 0.29) is 5.75 Å². The number of nitrogens with two attached hydrogens (primary N) is 1. The molecule has 3 nitrogen and oxygen atoms in total. The molecule has 0 aromatic heterocycles. The van der Waals surface area contributed by atoms with Crippen LogP contribution in [0.1, 0.15) is 12.8 Å². The number of para-hydroxylation sites is 1. The van der Waals surface area contributed by atoms with E-state index in [1.165, 1.54) is 0 Å². The van der Waals surface area contributed by atoms with Crippen molar-refractivity contribution < 1.29 is 9.84 Å². The van der Waals surface area contributed by atoms with Crippen LogP contribution in [0.25, 0.3) is 11.1 Å². The summed E-state index contributed by atoms with van der Waals surface area (Å²) >= 11 is 1.86. The molecule has 0 saturated carbocycles. The number of hydrogen-bond acceptors (Lipinski definition) is 4. The third-order valence-electron chi connectivity index (χ3n) is 3.31. The first-order chi connectivity index (χ1) is 10.8. The molecular formula is C18H23NO2S. The minimum atomic E-state index is 0.210. The molecule has 0 saturated heterocycles. The summed E-state index contributed by atoms with van der Waals surface area (Å²) in [7, 11) is 0. The maximum absolute atomic E-state index is 10.4. The van der Waals surface area contributed by atoms with Crippen LogP contribution in [0.2, 0.25) is 0 Å². The largest absolute Gasteiger partial charge is 0.504 e. The molecule has 3 N–H and O–H groups in total. The quantitative estimate of drug-likeness (QED) is 0.689. The molecule has 0 fully saturated rings. The number of aromatic hydroxyl groups is 1. The lowest BCUT2D eigenvalue weighted by atomic mass is 10.0. The van der Waals surface area contributed by atoms with Crippen molar-refractivity contribution in [1.82, 2.24) is 0 Å². The van der Waals surface area contributed by atoms with Gasteiger partial charge in [0.25, 0.3) is 0 Å². The fourth-order valence-electron chi connectivity index (χ4n) is 2.15. The highest BCUT2D eigenvalue weighted by Crippen LogP contribution is 2.36. The molecule has 4 heteroatoms. The molecule has 0 amide bonds. The number of unbranched alkanes of at least 4 members (excludes halogenated alkanes) is 1. The predicted molar refractivity (Wildman–Crippen MR) is 94.7 cm³/mol. The van der Waals surface area contributed by atoms with Crippen molar-refractivity contribution in [3.8, 4) is 22.6 Å². The van der Waals surface area contributed by atoms with E-state index in [0.29, 0.717) is 12.4 Å². The predicted octanol–water partition coefficient (Wildman–Crippen LogP) is 3.91. The number of benzene rings is 2. The molecule has 0 aliphatic heterocycles. The molecule has 0 bridgehead atoms. The summed E-state index contributed by atoms with van der Waals surface area (Å²) in [5.74, 6) is 2.78. The van der Waals surface area contributed by atoms with Gasteiger partial charge in [0.15, 0.2) is 11.5 Å². The van der Waals surface area contributed by atoms with E-state index in [1.54, 1.807) is 6.07 Å². The van der Waals surface area contributed by atoms with Crippen LogP contribution in [0.15, 0.2) is 48.5 Å². The van der Waals surface area contributed by atoms with Gasteiger partial charge >= 0.3 is 0 Å². The molecule has 0 spiro atoms. The summed E-state index contributed by atoms with van der Waals surface area (Å²) in [5, 5.41) is 10.4. The van der Waals surface area contributed by atoms with Crippen molar-refractivity contribution in [1.29, 1.82) is 0 Å². The van der Waals surface area contributed by atoms with Crippen molar-refractivity contribution in [2.45, 2.75) is 12.8 Å². The molecule has 118 valence electrons. The van der Waals surface area contributed by atoms with Crippen molar-refractivity contribution in [3.63, 3.8) is 0 Å². The van der Waals surface area contributed by atoms with Gasteiger partial charge in [0.2, 0.25) is 0 Å². The van der Waals surface area contributed by atoms with E-state index >= 15 is 0 Å². The number of thioether (sulfide) groups is 1. The highest BCUT2D eigenvalue weighted by molar-refractivity contribution is 7.99. The fraction of sp³-hybridized carbons (Fsp3) is 0.333. The van der Waals surface area contributed by atoms with Crippen LogP contribution >= 0.6 is 11.8 Å². The summed E-state index contributed by atoms with van der Waals surface area (Å²) in [6, 6.07) is 15.5. The molecule has 0 heterocycles. The first-order valence-corrected chi connectivity index (χ1v) is 8.76. The van der Waals surface area contributed by atoms with Gasteiger partial charge in [0.05, 0.1) is 6.61 Å². The molecule has 0 unspecified atom stereocenters. The number of ether oxygens (including phenoxy) is 1.